The molecule has 218 valence electrons. The van der Waals surface area contributed by atoms with Crippen molar-refractivity contribution in [1.29, 1.82) is 0 Å². The van der Waals surface area contributed by atoms with Crippen LogP contribution >= 0.6 is 23.4 Å². The molecule has 15 heteroatoms. The summed E-state index contributed by atoms with van der Waals surface area (Å²) in [5, 5.41) is 13.7. The van der Waals surface area contributed by atoms with Gasteiger partial charge in [0.05, 0.1) is 22.0 Å². The molecule has 42 heavy (non-hydrogen) atoms. The number of amides is 3. The summed E-state index contributed by atoms with van der Waals surface area (Å²) in [5.74, 6) is -1.73. The quantitative estimate of drug-likeness (QED) is 0.152. The second-order valence-corrected chi connectivity index (χ2v) is 9.93. The largest absolute Gasteiger partial charge is 0.490 e. The van der Waals surface area contributed by atoms with E-state index in [1.807, 2.05) is 0 Å². The molecular formula is C27H19ClF3N3O7S. The van der Waals surface area contributed by atoms with Crippen molar-refractivity contribution in [1.82, 2.24) is 4.90 Å². The van der Waals surface area contributed by atoms with Gasteiger partial charge >= 0.3 is 11.9 Å². The number of hydrogen-bond donors (Lipinski definition) is 1. The molecule has 0 aliphatic carbocycles. The lowest BCUT2D eigenvalue weighted by Gasteiger charge is -2.14. The number of thioether (sulfide) groups is 1. The number of nitro groups is 1. The predicted molar refractivity (Wildman–Crippen MR) is 149 cm³/mol. The Morgan fingerprint density at radius 1 is 1.10 bits per heavy atom. The number of carbonyl (C=O) groups excluding carboxylic acids is 3. The first-order chi connectivity index (χ1) is 19.8. The maximum atomic E-state index is 13.0. The fourth-order valence-corrected chi connectivity index (χ4v) is 4.73. The molecule has 3 aromatic carbocycles. The lowest BCUT2D eigenvalue weighted by molar-refractivity contribution is -0.385. The first-order valence-electron chi connectivity index (χ1n) is 12.0. The molecule has 0 atom stereocenters. The molecule has 1 N–H and O–H groups in total. The smallest absolute Gasteiger partial charge is 0.416 e. The van der Waals surface area contributed by atoms with Crippen LogP contribution in [0.15, 0.2) is 65.6 Å². The highest BCUT2D eigenvalue weighted by atomic mass is 35.5. The monoisotopic (exact) mass is 621 g/mol. The highest BCUT2D eigenvalue weighted by molar-refractivity contribution is 8.18. The van der Waals surface area contributed by atoms with Gasteiger partial charge in [0.1, 0.15) is 6.54 Å². The third-order valence-electron chi connectivity index (χ3n) is 5.55. The molecule has 1 aliphatic heterocycles. The van der Waals surface area contributed by atoms with Crippen molar-refractivity contribution < 1.29 is 42.0 Å². The molecular weight excluding hydrogens is 603 g/mol. The second kappa shape index (κ2) is 12.5. The van der Waals surface area contributed by atoms with Crippen LogP contribution in [0.1, 0.15) is 18.1 Å². The first-order valence-corrected chi connectivity index (χ1v) is 13.2. The Hall–Kier alpha value is -4.56. The summed E-state index contributed by atoms with van der Waals surface area (Å²) in [6.07, 6.45) is -3.41. The molecule has 4 rings (SSSR count). The molecule has 0 unspecified atom stereocenters. The minimum Gasteiger partial charge on any atom is -0.490 e. The normalized spacial score (nSPS) is 14.3. The number of anilines is 1. The number of nitrogens with one attached hydrogen (secondary N) is 1. The van der Waals surface area contributed by atoms with Gasteiger partial charge in [-0.3, -0.25) is 29.4 Å². The maximum Gasteiger partial charge on any atom is 0.416 e. The van der Waals surface area contributed by atoms with Crippen LogP contribution in [0.5, 0.6) is 17.2 Å². The number of hydrogen-bond acceptors (Lipinski definition) is 8. The minimum atomic E-state index is -4.79. The zero-order chi connectivity index (χ0) is 30.6. The van der Waals surface area contributed by atoms with E-state index in [9.17, 15) is 37.7 Å². The number of imide groups is 1. The van der Waals surface area contributed by atoms with Crippen molar-refractivity contribution in [2.24, 2.45) is 0 Å². The first kappa shape index (κ1) is 30.4. The summed E-state index contributed by atoms with van der Waals surface area (Å²) in [6.45, 7) is 1.25. The van der Waals surface area contributed by atoms with Crippen LogP contribution in [0.25, 0.3) is 6.08 Å². The van der Waals surface area contributed by atoms with E-state index in [1.54, 1.807) is 25.1 Å². The summed E-state index contributed by atoms with van der Waals surface area (Å²) >= 11 is 6.52. The number of rotatable bonds is 9. The third-order valence-corrected chi connectivity index (χ3v) is 6.69. The van der Waals surface area contributed by atoms with E-state index in [-0.39, 0.29) is 23.0 Å². The van der Waals surface area contributed by atoms with Gasteiger partial charge in [0.25, 0.3) is 11.1 Å². The number of nitro benzene ring substituents is 1. The van der Waals surface area contributed by atoms with Gasteiger partial charge in [-0.1, -0.05) is 23.7 Å². The van der Waals surface area contributed by atoms with Gasteiger partial charge < -0.3 is 14.8 Å². The average Bonchev–Trinajstić information content (AvgIpc) is 3.16. The van der Waals surface area contributed by atoms with Crippen molar-refractivity contribution >= 4 is 57.9 Å². The molecule has 0 radical (unpaired) electrons. The Morgan fingerprint density at radius 2 is 1.83 bits per heavy atom. The number of benzene rings is 3. The van der Waals surface area contributed by atoms with Gasteiger partial charge in [-0.25, -0.2) is 0 Å². The van der Waals surface area contributed by atoms with Crippen LogP contribution in [0.2, 0.25) is 5.02 Å². The summed E-state index contributed by atoms with van der Waals surface area (Å²) in [6, 6.07) is 12.4. The Bertz CT molecular complexity index is 1610. The molecule has 1 fully saturated rings. The highest BCUT2D eigenvalue weighted by Crippen LogP contribution is 2.41. The zero-order valence-electron chi connectivity index (χ0n) is 21.4. The van der Waals surface area contributed by atoms with Crippen molar-refractivity contribution in [3.05, 3.63) is 91.8 Å². The van der Waals surface area contributed by atoms with E-state index < -0.39 is 51.7 Å². The molecule has 10 nitrogen and oxygen atoms in total. The van der Waals surface area contributed by atoms with Crippen molar-refractivity contribution in [3.63, 3.8) is 0 Å². The Labute approximate surface area is 245 Å². The molecule has 0 spiro atoms. The van der Waals surface area contributed by atoms with Gasteiger partial charge in [0.15, 0.2) is 11.5 Å². The van der Waals surface area contributed by atoms with Crippen LogP contribution < -0.4 is 14.8 Å². The topological polar surface area (TPSA) is 128 Å². The van der Waals surface area contributed by atoms with Crippen LogP contribution in [-0.4, -0.2) is 40.0 Å². The van der Waals surface area contributed by atoms with Gasteiger partial charge in [-0.15, -0.1) is 0 Å². The Kier molecular flexibility index (Phi) is 9.07. The van der Waals surface area contributed by atoms with E-state index in [1.165, 1.54) is 30.3 Å². The van der Waals surface area contributed by atoms with Crippen LogP contribution in [0.4, 0.5) is 29.3 Å². The van der Waals surface area contributed by atoms with Crippen LogP contribution in [0, 0.1) is 10.1 Å². The molecule has 0 bridgehead atoms. The zero-order valence-corrected chi connectivity index (χ0v) is 23.0. The third kappa shape index (κ3) is 7.19. The van der Waals surface area contributed by atoms with E-state index in [4.69, 9.17) is 21.1 Å². The van der Waals surface area contributed by atoms with E-state index >= 15 is 0 Å². The standard InChI is InChI=1S/C27H19ClF3N3O7S/c1-2-40-22-10-15(6-8-21(22)41-20-9-7-16(27(29,30)31)12-19(20)34(38)39)11-23-25(36)33(26(37)42-23)14-24(35)32-18-5-3-4-17(28)13-18/h3-13H,2,14H2,1H3,(H,32,35)/b23-11+. The number of ether oxygens (including phenoxy) is 2. The fourth-order valence-electron chi connectivity index (χ4n) is 3.71. The molecule has 1 heterocycles. The molecule has 1 saturated heterocycles. The van der Waals surface area contributed by atoms with Crippen LogP contribution in [0.3, 0.4) is 0 Å². The number of alkyl halides is 3. The van der Waals surface area contributed by atoms with Crippen molar-refractivity contribution in [2.45, 2.75) is 13.1 Å². The van der Waals surface area contributed by atoms with E-state index in [0.29, 0.717) is 40.2 Å². The van der Waals surface area contributed by atoms with Gasteiger partial charge in [-0.05, 0) is 72.8 Å². The van der Waals surface area contributed by atoms with E-state index in [0.717, 1.165) is 11.0 Å². The predicted octanol–water partition coefficient (Wildman–Crippen LogP) is 7.13. The summed E-state index contributed by atoms with van der Waals surface area (Å²) in [7, 11) is 0. The second-order valence-electron chi connectivity index (χ2n) is 8.50. The lowest BCUT2D eigenvalue weighted by Crippen LogP contribution is -2.36. The minimum absolute atomic E-state index is 0.0186. The van der Waals surface area contributed by atoms with Crippen molar-refractivity contribution in [3.8, 4) is 17.2 Å². The average molecular weight is 622 g/mol. The molecule has 3 amide bonds. The van der Waals surface area contributed by atoms with Crippen LogP contribution in [-0.2, 0) is 15.8 Å². The number of halogens is 4. The Morgan fingerprint density at radius 3 is 2.50 bits per heavy atom. The van der Waals surface area contributed by atoms with Gasteiger partial charge in [-0.2, -0.15) is 13.2 Å². The Balaban J connectivity index is 1.54. The number of nitrogens with zero attached hydrogens (tertiary/aromatic N) is 2. The summed E-state index contributed by atoms with van der Waals surface area (Å²) in [4.78, 5) is 49.0. The van der Waals surface area contributed by atoms with Crippen molar-refractivity contribution in [2.75, 3.05) is 18.5 Å². The molecule has 3 aromatic rings. The van der Waals surface area contributed by atoms with E-state index in [2.05, 4.69) is 5.32 Å². The molecule has 0 aromatic heterocycles. The van der Waals surface area contributed by atoms with Gasteiger partial charge in [0.2, 0.25) is 11.7 Å². The summed E-state index contributed by atoms with van der Waals surface area (Å²) < 4.78 is 50.2. The number of carbonyl (C=O) groups is 3. The fraction of sp³-hybridized carbons (Fsp3) is 0.148. The molecule has 0 saturated carbocycles. The lowest BCUT2D eigenvalue weighted by atomic mass is 10.1. The highest BCUT2D eigenvalue weighted by Gasteiger charge is 2.36. The van der Waals surface area contributed by atoms with Gasteiger partial charge in [0, 0.05) is 16.8 Å². The maximum absolute atomic E-state index is 13.0. The molecule has 1 aliphatic rings. The SMILES string of the molecule is CCOc1cc(/C=C2/SC(=O)N(CC(=O)Nc3cccc(Cl)c3)C2=O)ccc1Oc1ccc(C(F)(F)F)cc1[N+](=O)[O-]. The summed E-state index contributed by atoms with van der Waals surface area (Å²) in [5.41, 5.74) is -1.34.